The van der Waals surface area contributed by atoms with Crippen LogP contribution in [0.2, 0.25) is 0 Å². The van der Waals surface area contributed by atoms with Gasteiger partial charge in [-0.15, -0.1) is 0 Å². The van der Waals surface area contributed by atoms with Gasteiger partial charge in [0.05, 0.1) is 12.2 Å². The lowest BCUT2D eigenvalue weighted by molar-refractivity contribution is 0.0910. The van der Waals surface area contributed by atoms with Crippen molar-refractivity contribution in [2.45, 2.75) is 40.2 Å². The highest BCUT2D eigenvalue weighted by molar-refractivity contribution is 5.99. The van der Waals surface area contributed by atoms with Crippen molar-refractivity contribution in [3.8, 4) is 0 Å². The van der Waals surface area contributed by atoms with Crippen molar-refractivity contribution in [2.24, 2.45) is 5.41 Å². The van der Waals surface area contributed by atoms with E-state index in [1.807, 2.05) is 18.2 Å². The van der Waals surface area contributed by atoms with Gasteiger partial charge in [0.2, 0.25) is 0 Å². The molecule has 0 aromatic carbocycles. The third-order valence-corrected chi connectivity index (χ3v) is 3.95. The number of Topliss-reactive ketones (excluding diaryl/α,β-unsaturated/α-hetero) is 1. The van der Waals surface area contributed by atoms with Crippen LogP contribution >= 0.6 is 0 Å². The Bertz CT molecular complexity index is 656. The molecule has 0 radical (unpaired) electrons. The van der Waals surface area contributed by atoms with Gasteiger partial charge < -0.3 is 4.57 Å². The first-order valence-electron chi connectivity index (χ1n) is 6.95. The van der Waals surface area contributed by atoms with Gasteiger partial charge in [0.15, 0.2) is 5.78 Å². The van der Waals surface area contributed by atoms with Crippen LogP contribution in [0, 0.1) is 12.3 Å². The molecule has 104 valence electrons. The second-order valence-electron chi connectivity index (χ2n) is 6.39. The van der Waals surface area contributed by atoms with E-state index in [2.05, 4.69) is 35.5 Å². The zero-order valence-corrected chi connectivity index (χ0v) is 12.2. The van der Waals surface area contributed by atoms with E-state index in [-0.39, 0.29) is 11.2 Å². The number of carbonyl (C=O) groups excluding carboxylic acids is 1. The van der Waals surface area contributed by atoms with Crippen LogP contribution in [0.15, 0.2) is 24.4 Å². The Balaban J connectivity index is 2.03. The predicted octanol–water partition coefficient (Wildman–Crippen LogP) is 2.79. The van der Waals surface area contributed by atoms with Crippen molar-refractivity contribution in [1.29, 1.82) is 0 Å². The summed E-state index contributed by atoms with van der Waals surface area (Å²) in [5.74, 6) is 0.261. The summed E-state index contributed by atoms with van der Waals surface area (Å²) in [6, 6.07) is 5.88. The molecule has 0 bridgehead atoms. The molecule has 4 nitrogen and oxygen atoms in total. The normalized spacial score (nSPS) is 17.1. The van der Waals surface area contributed by atoms with Crippen LogP contribution in [0.25, 0.3) is 0 Å². The summed E-state index contributed by atoms with van der Waals surface area (Å²) in [5, 5.41) is 8.06. The van der Waals surface area contributed by atoms with Crippen LogP contribution in [-0.2, 0) is 13.0 Å². The SMILES string of the molecule is Cc1cc2c(n1Cc1cccnn1)CC(C)(C)CC2=O. The van der Waals surface area contributed by atoms with E-state index < -0.39 is 0 Å². The fourth-order valence-electron chi connectivity index (χ4n) is 3.01. The number of rotatable bonds is 2. The Morgan fingerprint density at radius 2 is 2.15 bits per heavy atom. The molecule has 0 saturated carbocycles. The summed E-state index contributed by atoms with van der Waals surface area (Å²) in [6.45, 7) is 7.04. The highest BCUT2D eigenvalue weighted by atomic mass is 16.1. The van der Waals surface area contributed by atoms with Gasteiger partial charge in [0.25, 0.3) is 0 Å². The summed E-state index contributed by atoms with van der Waals surface area (Å²) in [4.78, 5) is 12.3. The smallest absolute Gasteiger partial charge is 0.165 e. The number of nitrogens with zero attached hydrogens (tertiary/aromatic N) is 3. The summed E-state index contributed by atoms with van der Waals surface area (Å²) in [6.07, 6.45) is 3.24. The maximum atomic E-state index is 12.3. The quantitative estimate of drug-likeness (QED) is 0.842. The van der Waals surface area contributed by atoms with Gasteiger partial charge in [-0.3, -0.25) is 4.79 Å². The Kier molecular flexibility index (Phi) is 2.96. The summed E-state index contributed by atoms with van der Waals surface area (Å²) < 4.78 is 2.21. The molecule has 1 aliphatic carbocycles. The molecule has 3 rings (SSSR count). The zero-order valence-electron chi connectivity index (χ0n) is 12.2. The number of hydrogen-bond donors (Lipinski definition) is 0. The molecule has 0 unspecified atom stereocenters. The van der Waals surface area contributed by atoms with E-state index >= 15 is 0 Å². The first-order chi connectivity index (χ1) is 9.46. The molecule has 0 atom stereocenters. The summed E-state index contributed by atoms with van der Waals surface area (Å²) >= 11 is 0. The van der Waals surface area contributed by atoms with Crippen molar-refractivity contribution < 1.29 is 4.79 Å². The first kappa shape index (κ1) is 13.0. The fraction of sp³-hybridized carbons (Fsp3) is 0.438. The third-order valence-electron chi connectivity index (χ3n) is 3.95. The number of fused-ring (bicyclic) bond motifs is 1. The van der Waals surface area contributed by atoms with Crippen molar-refractivity contribution in [3.63, 3.8) is 0 Å². The van der Waals surface area contributed by atoms with Gasteiger partial charge in [0.1, 0.15) is 0 Å². The molecule has 4 heteroatoms. The molecule has 20 heavy (non-hydrogen) atoms. The minimum Gasteiger partial charge on any atom is -0.342 e. The third kappa shape index (κ3) is 2.26. The van der Waals surface area contributed by atoms with E-state index in [9.17, 15) is 4.79 Å². The second-order valence-corrected chi connectivity index (χ2v) is 6.39. The predicted molar refractivity (Wildman–Crippen MR) is 76.7 cm³/mol. The second kappa shape index (κ2) is 4.54. The Labute approximate surface area is 118 Å². The molecule has 2 aromatic rings. The maximum Gasteiger partial charge on any atom is 0.165 e. The van der Waals surface area contributed by atoms with Gasteiger partial charge in [-0.2, -0.15) is 10.2 Å². The van der Waals surface area contributed by atoms with Gasteiger partial charge in [-0.25, -0.2) is 0 Å². The molecule has 0 fully saturated rings. The lowest BCUT2D eigenvalue weighted by Crippen LogP contribution is -2.28. The molecule has 2 heterocycles. The van der Waals surface area contributed by atoms with E-state index in [0.29, 0.717) is 13.0 Å². The topological polar surface area (TPSA) is 47.8 Å². The number of ketones is 1. The van der Waals surface area contributed by atoms with Crippen LogP contribution in [0.1, 0.15) is 47.7 Å². The zero-order chi connectivity index (χ0) is 14.3. The highest BCUT2D eigenvalue weighted by Crippen LogP contribution is 2.36. The first-order valence-corrected chi connectivity index (χ1v) is 6.95. The monoisotopic (exact) mass is 269 g/mol. The number of aromatic nitrogens is 3. The minimum absolute atomic E-state index is 0.0367. The van der Waals surface area contributed by atoms with E-state index in [1.54, 1.807) is 6.20 Å². The molecule has 0 amide bonds. The average molecular weight is 269 g/mol. The standard InChI is InChI=1S/C16H19N3O/c1-11-7-13-14(8-16(2,3)9-15(13)20)19(11)10-12-5-4-6-17-18-12/h4-7H,8-10H2,1-3H3. The average Bonchev–Trinajstić information content (AvgIpc) is 2.67. The summed E-state index contributed by atoms with van der Waals surface area (Å²) in [7, 11) is 0. The van der Waals surface area contributed by atoms with Crippen molar-refractivity contribution in [3.05, 3.63) is 47.0 Å². The lowest BCUT2D eigenvalue weighted by Gasteiger charge is -2.29. The molecule has 0 aliphatic heterocycles. The largest absolute Gasteiger partial charge is 0.342 e. The van der Waals surface area contributed by atoms with Crippen LogP contribution in [0.4, 0.5) is 0 Å². The molecular formula is C16H19N3O. The van der Waals surface area contributed by atoms with Gasteiger partial charge in [-0.05, 0) is 37.0 Å². The van der Waals surface area contributed by atoms with Crippen molar-refractivity contribution >= 4 is 5.78 Å². The molecular weight excluding hydrogens is 250 g/mol. The van der Waals surface area contributed by atoms with Crippen LogP contribution in [0.5, 0.6) is 0 Å². The minimum atomic E-state index is 0.0367. The number of hydrogen-bond acceptors (Lipinski definition) is 3. The summed E-state index contributed by atoms with van der Waals surface area (Å²) in [5.41, 5.74) is 4.12. The van der Waals surface area contributed by atoms with Crippen molar-refractivity contribution in [2.75, 3.05) is 0 Å². The molecule has 0 N–H and O–H groups in total. The molecule has 0 saturated heterocycles. The highest BCUT2D eigenvalue weighted by Gasteiger charge is 2.33. The number of carbonyl (C=O) groups is 1. The van der Waals surface area contributed by atoms with Gasteiger partial charge >= 0.3 is 0 Å². The van der Waals surface area contributed by atoms with E-state index in [0.717, 1.165) is 29.1 Å². The fourth-order valence-corrected chi connectivity index (χ4v) is 3.01. The van der Waals surface area contributed by atoms with Crippen molar-refractivity contribution in [1.82, 2.24) is 14.8 Å². The van der Waals surface area contributed by atoms with E-state index in [1.165, 1.54) is 0 Å². The number of aryl methyl sites for hydroxylation is 1. The van der Waals surface area contributed by atoms with E-state index in [4.69, 9.17) is 0 Å². The molecule has 0 spiro atoms. The van der Waals surface area contributed by atoms with Crippen LogP contribution < -0.4 is 0 Å². The Morgan fingerprint density at radius 1 is 1.35 bits per heavy atom. The van der Waals surface area contributed by atoms with Crippen LogP contribution in [-0.4, -0.2) is 20.5 Å². The van der Waals surface area contributed by atoms with Gasteiger partial charge in [0, 0.05) is 29.6 Å². The van der Waals surface area contributed by atoms with Gasteiger partial charge in [-0.1, -0.05) is 13.8 Å². The Morgan fingerprint density at radius 3 is 2.85 bits per heavy atom. The molecule has 1 aliphatic rings. The lowest BCUT2D eigenvalue weighted by atomic mass is 9.76. The maximum absolute atomic E-state index is 12.3. The molecule has 2 aromatic heterocycles. The Hall–Kier alpha value is -1.97. The van der Waals surface area contributed by atoms with Crippen LogP contribution in [0.3, 0.4) is 0 Å².